The highest BCUT2D eigenvalue weighted by atomic mass is 32.1. The second-order valence-electron chi connectivity index (χ2n) is 6.90. The van der Waals surface area contributed by atoms with Crippen LogP contribution in [-0.2, 0) is 0 Å². The zero-order valence-corrected chi connectivity index (χ0v) is 16.6. The van der Waals surface area contributed by atoms with Crippen LogP contribution in [0.5, 0.6) is 0 Å². The fraction of sp³-hybridized carbons (Fsp3) is 0.350. The lowest BCUT2D eigenvalue weighted by Gasteiger charge is -2.38. The summed E-state index contributed by atoms with van der Waals surface area (Å²) in [4.78, 5) is 8.92. The first kappa shape index (κ1) is 18.5. The number of hydrazone groups is 1. The van der Waals surface area contributed by atoms with E-state index in [4.69, 9.17) is 18.0 Å². The monoisotopic (exact) mass is 395 g/mol. The largest absolute Gasteiger partial charge is 0.397 e. The molecule has 3 heterocycles. The summed E-state index contributed by atoms with van der Waals surface area (Å²) in [5.41, 5.74) is 14.1. The van der Waals surface area contributed by atoms with Crippen molar-refractivity contribution in [1.82, 2.24) is 20.2 Å². The minimum absolute atomic E-state index is 0.654. The molecule has 7 nitrogen and oxygen atoms in total. The predicted octanol–water partition coefficient (Wildman–Crippen LogP) is 1.78. The standard InChI is InChI=1S/C20H25N7S/c21-15-5-2-1-3-7-18(15)26-11-13-27(14-12-26)20(28)25-24-17-8-10-22-16-6-4-9-23-19(16)17/h1,3-7,9,22H,2,8,10-14,21H2,(H,25,28)/b24-17-. The molecule has 1 aromatic rings. The summed E-state index contributed by atoms with van der Waals surface area (Å²) in [6.45, 7) is 4.27. The fourth-order valence-electron chi connectivity index (χ4n) is 3.58. The number of thiocarbonyl (C=S) groups is 1. The number of nitrogens with one attached hydrogen (secondary N) is 2. The molecule has 146 valence electrons. The maximum Gasteiger partial charge on any atom is 0.189 e. The molecule has 4 rings (SSSR count). The highest BCUT2D eigenvalue weighted by molar-refractivity contribution is 7.80. The second kappa shape index (κ2) is 8.43. The lowest BCUT2D eigenvalue weighted by Crippen LogP contribution is -2.51. The smallest absolute Gasteiger partial charge is 0.189 e. The van der Waals surface area contributed by atoms with Gasteiger partial charge in [0.2, 0.25) is 0 Å². The number of hydrogen-bond donors (Lipinski definition) is 3. The van der Waals surface area contributed by atoms with E-state index in [0.717, 1.165) is 74.1 Å². The van der Waals surface area contributed by atoms with E-state index in [-0.39, 0.29) is 0 Å². The normalized spacial score (nSPS) is 20.6. The Morgan fingerprint density at radius 2 is 2.14 bits per heavy atom. The molecule has 4 N–H and O–H groups in total. The van der Waals surface area contributed by atoms with Gasteiger partial charge in [0, 0.05) is 45.3 Å². The van der Waals surface area contributed by atoms with Crippen molar-refractivity contribution in [2.75, 3.05) is 38.0 Å². The van der Waals surface area contributed by atoms with Crippen molar-refractivity contribution in [1.29, 1.82) is 0 Å². The minimum atomic E-state index is 0.654. The summed E-state index contributed by atoms with van der Waals surface area (Å²) < 4.78 is 0. The molecule has 0 atom stereocenters. The summed E-state index contributed by atoms with van der Waals surface area (Å²) in [5, 5.41) is 8.55. The zero-order valence-electron chi connectivity index (χ0n) is 15.8. The van der Waals surface area contributed by atoms with Gasteiger partial charge in [-0.1, -0.05) is 18.2 Å². The molecule has 0 unspecified atom stereocenters. The van der Waals surface area contributed by atoms with Crippen molar-refractivity contribution >= 4 is 28.7 Å². The van der Waals surface area contributed by atoms with Gasteiger partial charge in [-0.2, -0.15) is 5.10 Å². The molecule has 1 aliphatic carbocycles. The fourth-order valence-corrected chi connectivity index (χ4v) is 3.81. The van der Waals surface area contributed by atoms with E-state index < -0.39 is 0 Å². The van der Waals surface area contributed by atoms with Crippen molar-refractivity contribution in [2.45, 2.75) is 12.8 Å². The average Bonchev–Trinajstić information content (AvgIpc) is 2.96. The van der Waals surface area contributed by atoms with Gasteiger partial charge in [-0.05, 0) is 36.8 Å². The number of pyridine rings is 1. The number of nitrogens with two attached hydrogens (primary N) is 1. The van der Waals surface area contributed by atoms with E-state index in [0.29, 0.717) is 5.11 Å². The molecule has 1 fully saturated rings. The van der Waals surface area contributed by atoms with E-state index in [2.05, 4.69) is 54.9 Å². The van der Waals surface area contributed by atoms with Gasteiger partial charge < -0.3 is 20.9 Å². The molecule has 0 aromatic carbocycles. The number of rotatable bonds is 2. The van der Waals surface area contributed by atoms with Crippen LogP contribution in [0.1, 0.15) is 18.5 Å². The Balaban J connectivity index is 1.35. The van der Waals surface area contributed by atoms with Crippen molar-refractivity contribution in [3.05, 3.63) is 59.7 Å². The van der Waals surface area contributed by atoms with Gasteiger partial charge in [-0.15, -0.1) is 0 Å². The number of hydrogen-bond acceptors (Lipinski definition) is 6. The van der Waals surface area contributed by atoms with Crippen molar-refractivity contribution in [3.63, 3.8) is 0 Å². The Hall–Kier alpha value is -2.87. The first-order valence-corrected chi connectivity index (χ1v) is 10.0. The van der Waals surface area contributed by atoms with Crippen LogP contribution in [0.3, 0.4) is 0 Å². The zero-order chi connectivity index (χ0) is 19.3. The molecule has 3 aliphatic rings. The van der Waals surface area contributed by atoms with Gasteiger partial charge in [0.1, 0.15) is 5.69 Å². The molecule has 2 aliphatic heterocycles. The number of piperazine rings is 1. The van der Waals surface area contributed by atoms with Gasteiger partial charge >= 0.3 is 0 Å². The first-order chi connectivity index (χ1) is 13.7. The van der Waals surface area contributed by atoms with Crippen LogP contribution in [0.4, 0.5) is 5.69 Å². The van der Waals surface area contributed by atoms with Crippen LogP contribution in [0.15, 0.2) is 59.1 Å². The van der Waals surface area contributed by atoms with Crippen LogP contribution < -0.4 is 16.5 Å². The van der Waals surface area contributed by atoms with Crippen LogP contribution in [0.2, 0.25) is 0 Å². The Labute approximate surface area is 170 Å². The summed E-state index contributed by atoms with van der Waals surface area (Å²) in [5.74, 6) is 0. The average molecular weight is 396 g/mol. The van der Waals surface area contributed by atoms with Gasteiger partial charge in [0.15, 0.2) is 5.11 Å². The maximum absolute atomic E-state index is 6.20. The number of fused-ring (bicyclic) bond motifs is 1. The minimum Gasteiger partial charge on any atom is -0.397 e. The number of nitrogens with zero attached hydrogens (tertiary/aromatic N) is 4. The highest BCUT2D eigenvalue weighted by Gasteiger charge is 2.22. The Morgan fingerprint density at radius 3 is 3.00 bits per heavy atom. The van der Waals surface area contributed by atoms with Gasteiger partial charge in [-0.25, -0.2) is 0 Å². The van der Waals surface area contributed by atoms with Crippen LogP contribution >= 0.6 is 12.2 Å². The third kappa shape index (κ3) is 4.01. The molecule has 8 heteroatoms. The van der Waals surface area contributed by atoms with E-state index in [1.165, 1.54) is 0 Å². The van der Waals surface area contributed by atoms with Crippen LogP contribution in [-0.4, -0.2) is 58.3 Å². The molecule has 0 amide bonds. The second-order valence-corrected chi connectivity index (χ2v) is 7.29. The SMILES string of the molecule is NC1=CCC=CC=C1N1CCN(C(=S)N/N=C2/CCNc3cccnc32)CC1. The van der Waals surface area contributed by atoms with Crippen molar-refractivity contribution in [3.8, 4) is 0 Å². The molecule has 0 saturated carbocycles. The van der Waals surface area contributed by atoms with Gasteiger partial charge in [0.25, 0.3) is 0 Å². The summed E-state index contributed by atoms with van der Waals surface area (Å²) in [7, 11) is 0. The first-order valence-electron chi connectivity index (χ1n) is 9.61. The van der Waals surface area contributed by atoms with Crippen molar-refractivity contribution in [2.24, 2.45) is 10.8 Å². The highest BCUT2D eigenvalue weighted by Crippen LogP contribution is 2.19. The molecule has 28 heavy (non-hydrogen) atoms. The van der Waals surface area contributed by atoms with E-state index >= 15 is 0 Å². The number of allylic oxidation sites excluding steroid dienone is 4. The Kier molecular flexibility index (Phi) is 5.57. The maximum atomic E-state index is 6.20. The lowest BCUT2D eigenvalue weighted by molar-refractivity contribution is 0.223. The molecule has 1 aromatic heterocycles. The molecule has 0 radical (unpaired) electrons. The van der Waals surface area contributed by atoms with Gasteiger partial charge in [0.05, 0.1) is 22.8 Å². The molecular formula is C20H25N7S. The third-order valence-corrected chi connectivity index (χ3v) is 5.46. The summed E-state index contributed by atoms with van der Waals surface area (Å²) >= 11 is 5.57. The molecule has 1 saturated heterocycles. The summed E-state index contributed by atoms with van der Waals surface area (Å²) in [6, 6.07) is 3.94. The van der Waals surface area contributed by atoms with Crippen LogP contribution in [0.25, 0.3) is 0 Å². The number of aromatic nitrogens is 1. The Bertz CT molecular complexity index is 863. The van der Waals surface area contributed by atoms with Gasteiger partial charge in [-0.3, -0.25) is 10.4 Å². The van der Waals surface area contributed by atoms with E-state index in [1.807, 2.05) is 12.1 Å². The summed E-state index contributed by atoms with van der Waals surface area (Å²) in [6.07, 6.45) is 11.8. The van der Waals surface area contributed by atoms with Crippen molar-refractivity contribution < 1.29 is 0 Å². The molecular weight excluding hydrogens is 370 g/mol. The lowest BCUT2D eigenvalue weighted by atomic mass is 10.1. The van der Waals surface area contributed by atoms with Crippen LogP contribution in [0, 0.1) is 0 Å². The van der Waals surface area contributed by atoms with E-state index in [1.54, 1.807) is 6.20 Å². The van der Waals surface area contributed by atoms with E-state index in [9.17, 15) is 0 Å². The Morgan fingerprint density at radius 1 is 1.29 bits per heavy atom. The quantitative estimate of drug-likeness (QED) is 0.520. The predicted molar refractivity (Wildman–Crippen MR) is 117 cm³/mol. The topological polar surface area (TPSA) is 81.8 Å². The molecule has 0 bridgehead atoms. The third-order valence-electron chi connectivity index (χ3n) is 5.11. The number of anilines is 1. The molecule has 0 spiro atoms.